The first-order chi connectivity index (χ1) is 4.34. The summed E-state index contributed by atoms with van der Waals surface area (Å²) in [5, 5.41) is 0.427. The van der Waals surface area contributed by atoms with Gasteiger partial charge in [-0.3, -0.25) is 0 Å². The molecule has 1 unspecified atom stereocenters. The second-order valence-corrected chi connectivity index (χ2v) is 3.41. The van der Waals surface area contributed by atoms with Crippen LogP contribution in [0.1, 0.15) is 32.1 Å². The second kappa shape index (κ2) is 3.46. The Morgan fingerprint density at radius 3 is 2.56 bits per heavy atom. The van der Waals surface area contributed by atoms with Crippen LogP contribution in [0.25, 0.3) is 0 Å². The first kappa shape index (κ1) is 7.40. The smallest absolute Gasteiger partial charge is 0.0364 e. The molecule has 0 spiro atoms. The van der Waals surface area contributed by atoms with Gasteiger partial charge in [0.05, 0.1) is 0 Å². The minimum atomic E-state index is 0.427. The monoisotopic (exact) mass is 145 g/mol. The average molecular weight is 146 g/mol. The first-order valence-electron chi connectivity index (χ1n) is 3.78. The zero-order valence-corrected chi connectivity index (χ0v) is 6.53. The Balaban J connectivity index is 2.08. The van der Waals surface area contributed by atoms with E-state index in [-0.39, 0.29) is 0 Å². The summed E-state index contributed by atoms with van der Waals surface area (Å²) in [5.74, 6) is 0.827. The maximum atomic E-state index is 6.04. The summed E-state index contributed by atoms with van der Waals surface area (Å²) < 4.78 is 0. The predicted octanol–water partition coefficient (Wildman–Crippen LogP) is 3.01. The van der Waals surface area contributed by atoms with Gasteiger partial charge in [-0.25, -0.2) is 0 Å². The molecular formula is C8H14Cl. The number of hydrogen-bond donors (Lipinski definition) is 0. The molecule has 53 valence electrons. The highest BCUT2D eigenvalue weighted by atomic mass is 35.5. The third-order valence-electron chi connectivity index (χ3n) is 2.14. The van der Waals surface area contributed by atoms with Crippen LogP contribution in [0.15, 0.2) is 0 Å². The molecule has 1 aliphatic rings. The van der Waals surface area contributed by atoms with Crippen LogP contribution in [-0.2, 0) is 0 Å². The van der Waals surface area contributed by atoms with E-state index >= 15 is 0 Å². The molecule has 1 fully saturated rings. The zero-order valence-electron chi connectivity index (χ0n) is 5.78. The fourth-order valence-electron chi connectivity index (χ4n) is 1.23. The SMILES string of the molecule is [CH2]CCC(Cl)C1CCC1. The molecule has 1 saturated carbocycles. The summed E-state index contributed by atoms with van der Waals surface area (Å²) in [5.41, 5.74) is 0. The van der Waals surface area contributed by atoms with Crippen LogP contribution in [0, 0.1) is 12.8 Å². The molecule has 0 aliphatic heterocycles. The van der Waals surface area contributed by atoms with Gasteiger partial charge >= 0.3 is 0 Å². The van der Waals surface area contributed by atoms with E-state index in [1.165, 1.54) is 19.3 Å². The van der Waals surface area contributed by atoms with Crippen LogP contribution in [0.4, 0.5) is 0 Å². The van der Waals surface area contributed by atoms with Gasteiger partial charge in [0, 0.05) is 5.38 Å². The maximum Gasteiger partial charge on any atom is 0.0364 e. The predicted molar refractivity (Wildman–Crippen MR) is 41.6 cm³/mol. The fourth-order valence-corrected chi connectivity index (χ4v) is 1.64. The van der Waals surface area contributed by atoms with Crippen molar-refractivity contribution in [3.05, 3.63) is 6.92 Å². The minimum Gasteiger partial charge on any atom is -0.123 e. The normalized spacial score (nSPS) is 23.3. The van der Waals surface area contributed by atoms with Crippen LogP contribution < -0.4 is 0 Å². The lowest BCUT2D eigenvalue weighted by Crippen LogP contribution is -2.21. The fraction of sp³-hybridized carbons (Fsp3) is 0.875. The van der Waals surface area contributed by atoms with E-state index in [9.17, 15) is 0 Å². The Morgan fingerprint density at radius 1 is 1.56 bits per heavy atom. The molecule has 9 heavy (non-hydrogen) atoms. The third kappa shape index (κ3) is 1.86. The second-order valence-electron chi connectivity index (χ2n) is 2.85. The molecule has 0 amide bonds. The van der Waals surface area contributed by atoms with E-state index in [2.05, 4.69) is 6.92 Å². The van der Waals surface area contributed by atoms with E-state index in [1.807, 2.05) is 0 Å². The maximum absolute atomic E-state index is 6.04. The Hall–Kier alpha value is 0.290. The molecule has 0 nitrogen and oxygen atoms in total. The zero-order chi connectivity index (χ0) is 6.69. The van der Waals surface area contributed by atoms with Gasteiger partial charge in [0.2, 0.25) is 0 Å². The summed E-state index contributed by atoms with van der Waals surface area (Å²) in [6, 6.07) is 0. The number of halogens is 1. The van der Waals surface area contributed by atoms with Crippen molar-refractivity contribution >= 4 is 11.6 Å². The van der Waals surface area contributed by atoms with Crippen molar-refractivity contribution in [2.24, 2.45) is 5.92 Å². The molecule has 1 atom stereocenters. The molecule has 0 bridgehead atoms. The largest absolute Gasteiger partial charge is 0.123 e. The van der Waals surface area contributed by atoms with Crippen molar-refractivity contribution in [1.82, 2.24) is 0 Å². The van der Waals surface area contributed by atoms with Gasteiger partial charge < -0.3 is 0 Å². The van der Waals surface area contributed by atoms with Crippen molar-refractivity contribution in [1.29, 1.82) is 0 Å². The average Bonchev–Trinajstić information content (AvgIpc) is 1.60. The van der Waals surface area contributed by atoms with Crippen LogP contribution in [-0.4, -0.2) is 5.38 Å². The Labute approximate surface area is 62.6 Å². The summed E-state index contributed by atoms with van der Waals surface area (Å²) in [6.07, 6.45) is 6.20. The van der Waals surface area contributed by atoms with Crippen molar-refractivity contribution in [2.45, 2.75) is 37.5 Å². The van der Waals surface area contributed by atoms with Gasteiger partial charge in [0.1, 0.15) is 0 Å². The number of hydrogen-bond acceptors (Lipinski definition) is 0. The Kier molecular flexibility index (Phi) is 2.84. The number of alkyl halides is 1. The van der Waals surface area contributed by atoms with Gasteiger partial charge in [-0.1, -0.05) is 19.8 Å². The lowest BCUT2D eigenvalue weighted by molar-refractivity contribution is 0.296. The van der Waals surface area contributed by atoms with E-state index in [1.54, 1.807) is 0 Å². The van der Waals surface area contributed by atoms with Gasteiger partial charge in [-0.15, -0.1) is 11.6 Å². The Bertz CT molecular complexity index is 76.6. The van der Waals surface area contributed by atoms with E-state index in [4.69, 9.17) is 11.6 Å². The molecule has 0 heterocycles. The Morgan fingerprint density at radius 2 is 2.22 bits per heavy atom. The minimum absolute atomic E-state index is 0.427. The lowest BCUT2D eigenvalue weighted by Gasteiger charge is -2.29. The van der Waals surface area contributed by atoms with Crippen LogP contribution in [0.3, 0.4) is 0 Å². The first-order valence-corrected chi connectivity index (χ1v) is 4.21. The molecule has 1 aliphatic carbocycles. The highest BCUT2D eigenvalue weighted by Crippen LogP contribution is 2.34. The van der Waals surface area contributed by atoms with Crippen molar-refractivity contribution < 1.29 is 0 Å². The highest BCUT2D eigenvalue weighted by Gasteiger charge is 2.24. The quantitative estimate of drug-likeness (QED) is 0.536. The molecule has 1 heteroatoms. The standard InChI is InChI=1S/C8H14Cl/c1-2-4-8(9)7-5-3-6-7/h7-8H,1-6H2. The summed E-state index contributed by atoms with van der Waals surface area (Å²) in [4.78, 5) is 0. The topological polar surface area (TPSA) is 0 Å². The van der Waals surface area contributed by atoms with E-state index < -0.39 is 0 Å². The summed E-state index contributed by atoms with van der Waals surface area (Å²) in [6.45, 7) is 3.78. The van der Waals surface area contributed by atoms with Crippen LogP contribution >= 0.6 is 11.6 Å². The molecule has 0 aromatic heterocycles. The molecule has 0 aromatic carbocycles. The number of rotatable bonds is 3. The molecule has 1 rings (SSSR count). The van der Waals surface area contributed by atoms with Crippen molar-refractivity contribution in [3.8, 4) is 0 Å². The van der Waals surface area contributed by atoms with E-state index in [0.29, 0.717) is 5.38 Å². The molecule has 0 aromatic rings. The van der Waals surface area contributed by atoms with Gasteiger partial charge in [-0.2, -0.15) is 0 Å². The third-order valence-corrected chi connectivity index (χ3v) is 2.72. The van der Waals surface area contributed by atoms with Crippen LogP contribution in [0.5, 0.6) is 0 Å². The van der Waals surface area contributed by atoms with Gasteiger partial charge in [0.25, 0.3) is 0 Å². The van der Waals surface area contributed by atoms with Crippen molar-refractivity contribution in [3.63, 3.8) is 0 Å². The molecule has 0 saturated heterocycles. The van der Waals surface area contributed by atoms with E-state index in [0.717, 1.165) is 18.8 Å². The lowest BCUT2D eigenvalue weighted by atomic mass is 9.81. The van der Waals surface area contributed by atoms with Crippen LogP contribution in [0.2, 0.25) is 0 Å². The molecule has 0 N–H and O–H groups in total. The summed E-state index contributed by atoms with van der Waals surface area (Å²) >= 11 is 6.04. The summed E-state index contributed by atoms with van der Waals surface area (Å²) in [7, 11) is 0. The highest BCUT2D eigenvalue weighted by molar-refractivity contribution is 6.20. The van der Waals surface area contributed by atoms with Crippen molar-refractivity contribution in [2.75, 3.05) is 0 Å². The molecule has 1 radical (unpaired) electrons. The van der Waals surface area contributed by atoms with Gasteiger partial charge in [-0.05, 0) is 25.2 Å². The molecular weight excluding hydrogens is 132 g/mol. The van der Waals surface area contributed by atoms with Gasteiger partial charge in [0.15, 0.2) is 0 Å².